The first-order valence-corrected chi connectivity index (χ1v) is 8.76. The van der Waals surface area contributed by atoms with Crippen LogP contribution in [0.3, 0.4) is 0 Å². The second-order valence-corrected chi connectivity index (χ2v) is 7.54. The minimum Gasteiger partial charge on any atom is -0.490 e. The van der Waals surface area contributed by atoms with Gasteiger partial charge in [-0.05, 0) is 26.7 Å². The molecule has 2 heterocycles. The Hall–Kier alpha value is -1.42. The molecule has 2 aliphatic heterocycles. The summed E-state index contributed by atoms with van der Waals surface area (Å²) >= 11 is 6.58. The van der Waals surface area contributed by atoms with Crippen LogP contribution in [0.25, 0.3) is 0 Å². The van der Waals surface area contributed by atoms with E-state index in [4.69, 9.17) is 21.1 Å². The quantitative estimate of drug-likeness (QED) is 0.890. The molecule has 3 aliphatic rings. The predicted molar refractivity (Wildman–Crippen MR) is 86.8 cm³/mol. The Bertz CT molecular complexity index is 652. The normalized spacial score (nSPS) is 27.3. The van der Waals surface area contributed by atoms with E-state index in [-0.39, 0.29) is 12.2 Å². The van der Waals surface area contributed by atoms with Crippen LogP contribution in [0.5, 0.6) is 11.5 Å². The summed E-state index contributed by atoms with van der Waals surface area (Å²) < 4.78 is 12.0. The van der Waals surface area contributed by atoms with Gasteiger partial charge in [-0.15, -0.1) is 0 Å². The number of ether oxygens (including phenoxy) is 2. The van der Waals surface area contributed by atoms with Crippen molar-refractivity contribution >= 4 is 17.6 Å². The summed E-state index contributed by atoms with van der Waals surface area (Å²) in [5.41, 5.74) is 1.88. The fourth-order valence-corrected chi connectivity index (χ4v) is 4.84. The SMILES string of the molecule is CC1Cc2c(c(Cl)c3c(c2C2(C(=O)O)CCCC2)OC(C)C3)O1. The fraction of sp³-hybridized carbons (Fsp3) is 0.611. The Kier molecular flexibility index (Phi) is 3.31. The van der Waals surface area contributed by atoms with Crippen LogP contribution in [-0.2, 0) is 23.1 Å². The Morgan fingerprint density at radius 1 is 1.09 bits per heavy atom. The number of carbonyl (C=O) groups is 1. The number of aliphatic carboxylic acids is 1. The molecule has 124 valence electrons. The monoisotopic (exact) mass is 336 g/mol. The fourth-order valence-electron chi connectivity index (χ4n) is 4.52. The molecule has 0 bridgehead atoms. The van der Waals surface area contributed by atoms with Gasteiger partial charge in [0.05, 0.1) is 10.4 Å². The Morgan fingerprint density at radius 3 is 2.26 bits per heavy atom. The minimum absolute atomic E-state index is 0.0217. The van der Waals surface area contributed by atoms with E-state index in [9.17, 15) is 9.90 Å². The van der Waals surface area contributed by atoms with Gasteiger partial charge in [0.15, 0.2) is 0 Å². The first-order chi connectivity index (χ1) is 10.9. The van der Waals surface area contributed by atoms with Gasteiger partial charge in [-0.25, -0.2) is 0 Å². The second kappa shape index (κ2) is 5.04. The third-order valence-electron chi connectivity index (χ3n) is 5.51. The van der Waals surface area contributed by atoms with Crippen LogP contribution in [0.4, 0.5) is 0 Å². The molecule has 0 saturated heterocycles. The van der Waals surface area contributed by atoms with Crippen LogP contribution in [0.1, 0.15) is 56.2 Å². The van der Waals surface area contributed by atoms with Gasteiger partial charge in [-0.3, -0.25) is 4.79 Å². The lowest BCUT2D eigenvalue weighted by atomic mass is 9.74. The summed E-state index contributed by atoms with van der Waals surface area (Å²) in [6.45, 7) is 3.99. The number of fused-ring (bicyclic) bond motifs is 2. The molecule has 0 spiro atoms. The van der Waals surface area contributed by atoms with Crippen LogP contribution >= 0.6 is 11.6 Å². The number of carboxylic acid groups (broad SMARTS) is 1. The first-order valence-electron chi connectivity index (χ1n) is 8.38. The number of hydrogen-bond acceptors (Lipinski definition) is 3. The van der Waals surface area contributed by atoms with Gasteiger partial charge in [-0.1, -0.05) is 24.4 Å². The van der Waals surface area contributed by atoms with Gasteiger partial charge in [0.1, 0.15) is 23.7 Å². The van der Waals surface area contributed by atoms with Gasteiger partial charge in [0, 0.05) is 29.5 Å². The molecule has 1 N–H and O–H groups in total. The maximum atomic E-state index is 12.2. The van der Waals surface area contributed by atoms with E-state index in [0.717, 1.165) is 35.3 Å². The highest BCUT2D eigenvalue weighted by Gasteiger charge is 2.50. The Labute approximate surface area is 140 Å². The van der Waals surface area contributed by atoms with Gasteiger partial charge in [0.25, 0.3) is 0 Å². The van der Waals surface area contributed by atoms with Crippen molar-refractivity contribution in [3.63, 3.8) is 0 Å². The molecule has 0 aromatic heterocycles. The maximum Gasteiger partial charge on any atom is 0.314 e. The van der Waals surface area contributed by atoms with Crippen molar-refractivity contribution in [1.82, 2.24) is 0 Å². The summed E-state index contributed by atoms with van der Waals surface area (Å²) in [4.78, 5) is 12.2. The summed E-state index contributed by atoms with van der Waals surface area (Å²) in [6.07, 6.45) is 4.65. The van der Waals surface area contributed by atoms with E-state index in [2.05, 4.69) is 0 Å². The average molecular weight is 337 g/mol. The molecule has 1 saturated carbocycles. The Balaban J connectivity index is 2.02. The number of rotatable bonds is 2. The molecular weight excluding hydrogens is 316 g/mol. The van der Waals surface area contributed by atoms with Crippen molar-refractivity contribution in [2.45, 2.75) is 70.0 Å². The number of hydrogen-bond donors (Lipinski definition) is 1. The van der Waals surface area contributed by atoms with Crippen molar-refractivity contribution in [3.8, 4) is 11.5 Å². The Morgan fingerprint density at radius 2 is 1.65 bits per heavy atom. The zero-order chi connectivity index (χ0) is 16.4. The molecule has 1 fully saturated rings. The number of carboxylic acids is 1. The molecule has 1 aliphatic carbocycles. The first kappa shape index (κ1) is 15.1. The predicted octanol–water partition coefficient (Wildman–Crippen LogP) is 3.88. The highest BCUT2D eigenvalue weighted by atomic mass is 35.5. The molecule has 0 radical (unpaired) electrons. The summed E-state index contributed by atoms with van der Waals surface area (Å²) in [5, 5.41) is 10.7. The van der Waals surface area contributed by atoms with Gasteiger partial charge in [-0.2, -0.15) is 0 Å². The average Bonchev–Trinajstić information content (AvgIpc) is 3.18. The molecule has 23 heavy (non-hydrogen) atoms. The van der Waals surface area contributed by atoms with Gasteiger partial charge >= 0.3 is 5.97 Å². The largest absolute Gasteiger partial charge is 0.490 e. The van der Waals surface area contributed by atoms with E-state index in [1.54, 1.807) is 0 Å². The van der Waals surface area contributed by atoms with Crippen LogP contribution < -0.4 is 9.47 Å². The second-order valence-electron chi connectivity index (χ2n) is 7.16. The van der Waals surface area contributed by atoms with E-state index < -0.39 is 11.4 Å². The van der Waals surface area contributed by atoms with Gasteiger partial charge in [0.2, 0.25) is 0 Å². The lowest BCUT2D eigenvalue weighted by Crippen LogP contribution is -2.34. The maximum absolute atomic E-state index is 12.2. The van der Waals surface area contributed by atoms with Crippen LogP contribution in [0.2, 0.25) is 5.02 Å². The highest BCUT2D eigenvalue weighted by molar-refractivity contribution is 6.33. The molecule has 4 rings (SSSR count). The van der Waals surface area contributed by atoms with Crippen molar-refractivity contribution in [1.29, 1.82) is 0 Å². The van der Waals surface area contributed by atoms with Crippen molar-refractivity contribution < 1.29 is 19.4 Å². The van der Waals surface area contributed by atoms with E-state index in [1.165, 1.54) is 0 Å². The molecule has 1 aromatic carbocycles. The molecule has 1 aromatic rings. The van der Waals surface area contributed by atoms with Gasteiger partial charge < -0.3 is 14.6 Å². The zero-order valence-electron chi connectivity index (χ0n) is 13.4. The lowest BCUT2D eigenvalue weighted by Gasteiger charge is -2.29. The molecule has 4 nitrogen and oxygen atoms in total. The van der Waals surface area contributed by atoms with Crippen molar-refractivity contribution in [2.24, 2.45) is 0 Å². The minimum atomic E-state index is -0.851. The third kappa shape index (κ3) is 2.00. The molecule has 2 unspecified atom stereocenters. The van der Waals surface area contributed by atoms with Crippen molar-refractivity contribution in [3.05, 3.63) is 21.7 Å². The topological polar surface area (TPSA) is 55.8 Å². The lowest BCUT2D eigenvalue weighted by molar-refractivity contribution is -0.143. The standard InChI is InChI=1S/C18H21ClO4/c1-9-7-11-13(18(17(20)21)5-3-4-6-18)15-12(8-10(2)22-15)14(19)16(11)23-9/h9-10H,3-8H2,1-2H3,(H,20,21). The van der Waals surface area contributed by atoms with Crippen molar-refractivity contribution in [2.75, 3.05) is 0 Å². The molecule has 5 heteroatoms. The van der Waals surface area contributed by atoms with E-state index in [0.29, 0.717) is 36.5 Å². The summed E-state index contributed by atoms with van der Waals surface area (Å²) in [7, 11) is 0. The third-order valence-corrected chi connectivity index (χ3v) is 5.91. The smallest absolute Gasteiger partial charge is 0.314 e. The zero-order valence-corrected chi connectivity index (χ0v) is 14.2. The van der Waals surface area contributed by atoms with Crippen LogP contribution in [0, 0.1) is 0 Å². The van der Waals surface area contributed by atoms with Crippen LogP contribution in [0.15, 0.2) is 0 Å². The van der Waals surface area contributed by atoms with E-state index >= 15 is 0 Å². The molecular formula is C18H21ClO4. The highest BCUT2D eigenvalue weighted by Crippen LogP contribution is 2.56. The summed E-state index contributed by atoms with van der Waals surface area (Å²) in [6, 6.07) is 0. The van der Waals surface area contributed by atoms with Crippen LogP contribution in [-0.4, -0.2) is 23.3 Å². The number of benzene rings is 1. The molecule has 0 amide bonds. The number of halogens is 1. The van der Waals surface area contributed by atoms with E-state index in [1.807, 2.05) is 13.8 Å². The molecule has 2 atom stereocenters. The summed E-state index contributed by atoms with van der Waals surface area (Å²) in [5.74, 6) is 0.672.